The summed E-state index contributed by atoms with van der Waals surface area (Å²) < 4.78 is 13.4. The predicted molar refractivity (Wildman–Crippen MR) is 161 cm³/mol. The van der Waals surface area contributed by atoms with E-state index < -0.39 is 11.9 Å². The highest BCUT2D eigenvalue weighted by molar-refractivity contribution is 6.05. The number of rotatable bonds is 12. The highest BCUT2D eigenvalue weighted by Gasteiger charge is 2.28. The molecular formula is C33H40N4O6. The molecule has 2 saturated carbocycles. The molecule has 2 amide bonds. The van der Waals surface area contributed by atoms with Gasteiger partial charge >= 0.3 is 5.97 Å². The van der Waals surface area contributed by atoms with Crippen LogP contribution in [0.3, 0.4) is 0 Å². The number of anilines is 1. The fourth-order valence-corrected chi connectivity index (χ4v) is 5.89. The molecule has 1 heterocycles. The SMILES string of the molecule is Cc1ccc(OCC2CCCC2)c(NC(=O)c2cc(C(=O)O)nn2CC(=O)N[C@H]2CCCC[C@@H]2OCc2ccccc2)c1. The van der Waals surface area contributed by atoms with Crippen LogP contribution in [0.2, 0.25) is 0 Å². The van der Waals surface area contributed by atoms with Gasteiger partial charge in [0.1, 0.15) is 18.0 Å². The van der Waals surface area contributed by atoms with Crippen LogP contribution in [0.15, 0.2) is 54.6 Å². The minimum Gasteiger partial charge on any atom is -0.491 e. The molecule has 0 spiro atoms. The van der Waals surface area contributed by atoms with Gasteiger partial charge < -0.3 is 25.2 Å². The summed E-state index contributed by atoms with van der Waals surface area (Å²) in [5, 5.41) is 19.6. The smallest absolute Gasteiger partial charge is 0.356 e. The molecule has 2 aliphatic rings. The molecule has 2 fully saturated rings. The van der Waals surface area contributed by atoms with Crippen molar-refractivity contribution in [2.45, 2.75) is 83.6 Å². The Labute approximate surface area is 251 Å². The van der Waals surface area contributed by atoms with Crippen LogP contribution < -0.4 is 15.4 Å². The van der Waals surface area contributed by atoms with Crippen LogP contribution in [0, 0.1) is 12.8 Å². The van der Waals surface area contributed by atoms with E-state index in [1.54, 1.807) is 0 Å². The molecular weight excluding hydrogens is 548 g/mol. The van der Waals surface area contributed by atoms with Crippen LogP contribution >= 0.6 is 0 Å². The Morgan fingerprint density at radius 1 is 0.977 bits per heavy atom. The van der Waals surface area contributed by atoms with Crippen molar-refractivity contribution in [2.24, 2.45) is 5.92 Å². The van der Waals surface area contributed by atoms with Gasteiger partial charge in [0.25, 0.3) is 5.91 Å². The fraction of sp³-hybridized carbons (Fsp3) is 0.455. The number of aryl methyl sites for hydroxylation is 1. The summed E-state index contributed by atoms with van der Waals surface area (Å²) in [6, 6.07) is 16.4. The molecule has 3 N–H and O–H groups in total. The van der Waals surface area contributed by atoms with Crippen molar-refractivity contribution in [3.63, 3.8) is 0 Å². The maximum absolute atomic E-state index is 13.5. The molecule has 0 radical (unpaired) electrons. The van der Waals surface area contributed by atoms with Gasteiger partial charge in [0.15, 0.2) is 5.69 Å². The average molecular weight is 589 g/mol. The second-order valence-electron chi connectivity index (χ2n) is 11.6. The van der Waals surface area contributed by atoms with Crippen molar-refractivity contribution in [3.8, 4) is 5.75 Å². The summed E-state index contributed by atoms with van der Waals surface area (Å²) in [6.07, 6.45) is 8.12. The summed E-state index contributed by atoms with van der Waals surface area (Å²) in [5.74, 6) is -1.19. The molecule has 43 heavy (non-hydrogen) atoms. The molecule has 3 aromatic rings. The normalized spacial score (nSPS) is 18.7. The molecule has 10 heteroatoms. The Morgan fingerprint density at radius 3 is 2.49 bits per heavy atom. The molecule has 5 rings (SSSR count). The van der Waals surface area contributed by atoms with E-state index in [-0.39, 0.29) is 36.0 Å². The maximum atomic E-state index is 13.5. The first-order chi connectivity index (χ1) is 20.9. The number of aromatic carboxylic acids is 1. The number of carbonyl (C=O) groups is 3. The van der Waals surface area contributed by atoms with Crippen LogP contribution in [-0.2, 0) is 22.7 Å². The Morgan fingerprint density at radius 2 is 1.72 bits per heavy atom. The van der Waals surface area contributed by atoms with Crippen molar-refractivity contribution in [1.29, 1.82) is 0 Å². The highest BCUT2D eigenvalue weighted by Crippen LogP contribution is 2.30. The van der Waals surface area contributed by atoms with E-state index in [1.807, 2.05) is 55.5 Å². The number of hydrogen-bond donors (Lipinski definition) is 3. The minimum absolute atomic E-state index is 0.0312. The van der Waals surface area contributed by atoms with Gasteiger partial charge in [-0.15, -0.1) is 0 Å². The summed E-state index contributed by atoms with van der Waals surface area (Å²) in [7, 11) is 0. The van der Waals surface area contributed by atoms with E-state index in [2.05, 4.69) is 15.7 Å². The number of aromatic nitrogens is 2. The molecule has 2 aliphatic carbocycles. The molecule has 2 atom stereocenters. The summed E-state index contributed by atoms with van der Waals surface area (Å²) in [5.41, 5.74) is 2.13. The first kappa shape index (κ1) is 30.3. The molecule has 0 saturated heterocycles. The Balaban J connectivity index is 1.26. The summed E-state index contributed by atoms with van der Waals surface area (Å²) in [4.78, 5) is 38.4. The molecule has 10 nitrogen and oxygen atoms in total. The average Bonchev–Trinajstić information content (AvgIpc) is 3.67. The van der Waals surface area contributed by atoms with Gasteiger partial charge in [0.05, 0.1) is 31.0 Å². The largest absolute Gasteiger partial charge is 0.491 e. The van der Waals surface area contributed by atoms with Gasteiger partial charge in [-0.2, -0.15) is 5.10 Å². The van der Waals surface area contributed by atoms with Crippen molar-refractivity contribution < 1.29 is 29.0 Å². The van der Waals surface area contributed by atoms with Crippen LogP contribution in [0.25, 0.3) is 0 Å². The van der Waals surface area contributed by atoms with Crippen LogP contribution in [-0.4, -0.2) is 51.4 Å². The first-order valence-electron chi connectivity index (χ1n) is 15.2. The van der Waals surface area contributed by atoms with Crippen molar-refractivity contribution >= 4 is 23.5 Å². The van der Waals surface area contributed by atoms with Gasteiger partial charge in [0, 0.05) is 6.07 Å². The third-order valence-electron chi connectivity index (χ3n) is 8.21. The quantitative estimate of drug-likeness (QED) is 0.260. The van der Waals surface area contributed by atoms with E-state index in [9.17, 15) is 19.5 Å². The molecule has 0 bridgehead atoms. The number of amides is 2. The first-order valence-corrected chi connectivity index (χ1v) is 15.2. The van der Waals surface area contributed by atoms with Gasteiger partial charge in [-0.1, -0.05) is 62.1 Å². The zero-order valence-electron chi connectivity index (χ0n) is 24.6. The lowest BCUT2D eigenvalue weighted by Crippen LogP contribution is -2.47. The second-order valence-corrected chi connectivity index (χ2v) is 11.6. The molecule has 0 unspecified atom stereocenters. The fourth-order valence-electron chi connectivity index (χ4n) is 5.89. The molecule has 2 aromatic carbocycles. The lowest BCUT2D eigenvalue weighted by Gasteiger charge is -2.32. The van der Waals surface area contributed by atoms with Crippen LogP contribution in [0.4, 0.5) is 5.69 Å². The van der Waals surface area contributed by atoms with Crippen LogP contribution in [0.1, 0.15) is 83.5 Å². The number of benzene rings is 2. The van der Waals surface area contributed by atoms with E-state index >= 15 is 0 Å². The zero-order valence-corrected chi connectivity index (χ0v) is 24.6. The summed E-state index contributed by atoms with van der Waals surface area (Å²) in [6.45, 7) is 2.63. The lowest BCUT2D eigenvalue weighted by molar-refractivity contribution is -0.124. The Bertz CT molecular complexity index is 1420. The maximum Gasteiger partial charge on any atom is 0.356 e. The second kappa shape index (κ2) is 14.3. The minimum atomic E-state index is -1.29. The number of carboxylic acid groups (broad SMARTS) is 1. The van der Waals surface area contributed by atoms with Gasteiger partial charge in [-0.25, -0.2) is 9.48 Å². The topological polar surface area (TPSA) is 132 Å². The zero-order chi connectivity index (χ0) is 30.2. The van der Waals surface area contributed by atoms with Crippen molar-refractivity contribution in [1.82, 2.24) is 15.1 Å². The third-order valence-corrected chi connectivity index (χ3v) is 8.21. The monoisotopic (exact) mass is 588 g/mol. The molecule has 0 aliphatic heterocycles. The van der Waals surface area contributed by atoms with Crippen molar-refractivity contribution in [2.75, 3.05) is 11.9 Å². The highest BCUT2D eigenvalue weighted by atomic mass is 16.5. The van der Waals surface area contributed by atoms with Gasteiger partial charge in [-0.3, -0.25) is 9.59 Å². The van der Waals surface area contributed by atoms with Gasteiger partial charge in [0.2, 0.25) is 5.91 Å². The van der Waals surface area contributed by atoms with Gasteiger partial charge in [-0.05, 0) is 61.8 Å². The Hall–Kier alpha value is -4.18. The van der Waals surface area contributed by atoms with E-state index in [4.69, 9.17) is 9.47 Å². The number of nitrogens with zero attached hydrogens (tertiary/aromatic N) is 2. The number of hydrogen-bond acceptors (Lipinski definition) is 6. The molecule has 228 valence electrons. The third kappa shape index (κ3) is 8.22. The van der Waals surface area contributed by atoms with E-state index in [0.29, 0.717) is 30.6 Å². The lowest BCUT2D eigenvalue weighted by atomic mass is 9.92. The van der Waals surface area contributed by atoms with Crippen LogP contribution in [0.5, 0.6) is 5.75 Å². The number of carboxylic acids is 1. The molecule has 1 aromatic heterocycles. The number of carbonyl (C=O) groups excluding carboxylic acids is 2. The Kier molecular flexibility index (Phi) is 10.1. The number of ether oxygens (including phenoxy) is 2. The number of nitrogens with one attached hydrogen (secondary N) is 2. The standard InChI is InChI=1S/C33H40N4O6/c1-22-15-16-30(43-21-24-11-5-6-12-24)26(17-22)35-32(39)28-18-27(33(40)41)36-37(28)19-31(38)34-25-13-7-8-14-29(25)42-20-23-9-3-2-4-10-23/h2-4,9-10,15-18,24-25,29H,5-8,11-14,19-21H2,1H3,(H,34,38)(H,35,39)(H,40,41)/t25-,29-/m0/s1. The predicted octanol–water partition coefficient (Wildman–Crippen LogP) is 5.36. The van der Waals surface area contributed by atoms with Crippen molar-refractivity contribution in [3.05, 3.63) is 77.1 Å². The summed E-state index contributed by atoms with van der Waals surface area (Å²) >= 11 is 0. The van der Waals surface area contributed by atoms with E-state index in [1.165, 1.54) is 18.9 Å². The van der Waals surface area contributed by atoms with E-state index in [0.717, 1.165) is 54.3 Å².